The predicted octanol–water partition coefficient (Wildman–Crippen LogP) is 7.19. The first-order valence-electron chi connectivity index (χ1n) is 7.63. The smallest absolute Gasteiger partial charge is 0.118 e. The van der Waals surface area contributed by atoms with E-state index in [0.717, 1.165) is 14.7 Å². The molecule has 0 aliphatic heterocycles. The lowest BCUT2D eigenvalue weighted by molar-refractivity contribution is 0.415. The lowest BCUT2D eigenvalue weighted by Gasteiger charge is -2.12. The molecular formula is C21H14Br2O. The highest BCUT2D eigenvalue weighted by Gasteiger charge is 2.11. The molecule has 4 aromatic carbocycles. The van der Waals surface area contributed by atoms with Crippen molar-refractivity contribution in [3.63, 3.8) is 0 Å². The van der Waals surface area contributed by atoms with Crippen LogP contribution in [0.2, 0.25) is 0 Å². The van der Waals surface area contributed by atoms with Gasteiger partial charge in [0.15, 0.2) is 0 Å². The minimum atomic E-state index is 0.870. The second-order valence-corrected chi connectivity index (χ2v) is 7.25. The summed E-state index contributed by atoms with van der Waals surface area (Å²) >= 11 is 7.58. The standard InChI is InChI=1S/C21H14Br2O/c1-24-15-9-6-13(7-10-15)14-8-11-18-19(12-14)21(23)17-5-3-2-4-16(17)20(18)22/h2-12H,1H3. The fraction of sp³-hybridized carbons (Fsp3) is 0.0476. The predicted molar refractivity (Wildman–Crippen MR) is 109 cm³/mol. The zero-order valence-corrected chi connectivity index (χ0v) is 16.2. The van der Waals surface area contributed by atoms with E-state index in [0.29, 0.717) is 0 Å². The highest BCUT2D eigenvalue weighted by Crippen LogP contribution is 2.40. The van der Waals surface area contributed by atoms with Crippen molar-refractivity contribution >= 4 is 53.4 Å². The molecule has 118 valence electrons. The van der Waals surface area contributed by atoms with Crippen LogP contribution in [0.1, 0.15) is 0 Å². The van der Waals surface area contributed by atoms with Crippen LogP contribution >= 0.6 is 31.9 Å². The van der Waals surface area contributed by atoms with Gasteiger partial charge < -0.3 is 4.74 Å². The average Bonchev–Trinajstić information content (AvgIpc) is 2.66. The van der Waals surface area contributed by atoms with Gasteiger partial charge in [-0.3, -0.25) is 0 Å². The van der Waals surface area contributed by atoms with Crippen LogP contribution in [0.5, 0.6) is 5.75 Å². The van der Waals surface area contributed by atoms with Gasteiger partial charge in [-0.25, -0.2) is 0 Å². The monoisotopic (exact) mass is 440 g/mol. The van der Waals surface area contributed by atoms with E-state index in [-0.39, 0.29) is 0 Å². The molecule has 4 aromatic rings. The van der Waals surface area contributed by atoms with Crippen molar-refractivity contribution < 1.29 is 4.74 Å². The molecule has 0 spiro atoms. The fourth-order valence-corrected chi connectivity index (χ4v) is 4.40. The van der Waals surface area contributed by atoms with Crippen LogP contribution in [0.25, 0.3) is 32.7 Å². The van der Waals surface area contributed by atoms with Crippen molar-refractivity contribution in [1.82, 2.24) is 0 Å². The normalized spacial score (nSPS) is 11.1. The van der Waals surface area contributed by atoms with E-state index in [4.69, 9.17) is 4.74 Å². The van der Waals surface area contributed by atoms with Crippen LogP contribution < -0.4 is 4.74 Å². The number of halogens is 2. The molecule has 0 unspecified atom stereocenters. The third kappa shape index (κ3) is 2.52. The lowest BCUT2D eigenvalue weighted by Crippen LogP contribution is -1.86. The molecule has 4 rings (SSSR count). The van der Waals surface area contributed by atoms with Gasteiger partial charge in [0.1, 0.15) is 5.75 Å². The molecule has 0 aromatic heterocycles. The van der Waals surface area contributed by atoms with Gasteiger partial charge in [-0.15, -0.1) is 0 Å². The van der Waals surface area contributed by atoms with E-state index in [2.05, 4.69) is 86.5 Å². The number of hydrogen-bond acceptors (Lipinski definition) is 1. The van der Waals surface area contributed by atoms with Gasteiger partial charge in [0.2, 0.25) is 0 Å². The van der Waals surface area contributed by atoms with E-state index in [9.17, 15) is 0 Å². The largest absolute Gasteiger partial charge is 0.497 e. The van der Waals surface area contributed by atoms with Crippen molar-refractivity contribution in [2.45, 2.75) is 0 Å². The Morgan fingerprint density at radius 1 is 0.625 bits per heavy atom. The second-order valence-electron chi connectivity index (χ2n) is 5.66. The van der Waals surface area contributed by atoms with Crippen molar-refractivity contribution in [3.8, 4) is 16.9 Å². The van der Waals surface area contributed by atoms with E-state index in [1.807, 2.05) is 12.1 Å². The highest BCUT2D eigenvalue weighted by atomic mass is 79.9. The maximum absolute atomic E-state index is 5.24. The third-order valence-electron chi connectivity index (χ3n) is 4.32. The molecule has 0 amide bonds. The molecule has 3 heteroatoms. The Hall–Kier alpha value is -1.84. The van der Waals surface area contributed by atoms with Crippen molar-refractivity contribution in [2.75, 3.05) is 7.11 Å². The van der Waals surface area contributed by atoms with Crippen LogP contribution in [-0.2, 0) is 0 Å². The number of ether oxygens (including phenoxy) is 1. The molecule has 24 heavy (non-hydrogen) atoms. The van der Waals surface area contributed by atoms with Crippen LogP contribution in [0.15, 0.2) is 75.7 Å². The first-order valence-corrected chi connectivity index (χ1v) is 9.21. The van der Waals surface area contributed by atoms with Gasteiger partial charge in [-0.05, 0) is 82.7 Å². The maximum atomic E-state index is 5.24. The molecule has 0 aliphatic rings. The summed E-state index contributed by atoms with van der Waals surface area (Å²) in [5.41, 5.74) is 2.36. The topological polar surface area (TPSA) is 9.23 Å². The summed E-state index contributed by atoms with van der Waals surface area (Å²) in [7, 11) is 1.69. The van der Waals surface area contributed by atoms with Gasteiger partial charge in [-0.1, -0.05) is 48.5 Å². The molecule has 0 aliphatic carbocycles. The van der Waals surface area contributed by atoms with Gasteiger partial charge in [0, 0.05) is 8.95 Å². The molecule has 0 bridgehead atoms. The number of fused-ring (bicyclic) bond motifs is 2. The zero-order chi connectivity index (χ0) is 16.7. The highest BCUT2D eigenvalue weighted by molar-refractivity contribution is 9.11. The van der Waals surface area contributed by atoms with Gasteiger partial charge in [-0.2, -0.15) is 0 Å². The van der Waals surface area contributed by atoms with Crippen molar-refractivity contribution in [3.05, 3.63) is 75.7 Å². The van der Waals surface area contributed by atoms with Gasteiger partial charge >= 0.3 is 0 Å². The van der Waals surface area contributed by atoms with E-state index in [1.54, 1.807) is 7.11 Å². The summed E-state index contributed by atoms with van der Waals surface area (Å²) in [6.45, 7) is 0. The Morgan fingerprint density at radius 2 is 1.17 bits per heavy atom. The second kappa shape index (κ2) is 6.23. The molecule has 1 nitrogen and oxygen atoms in total. The van der Waals surface area contributed by atoms with Crippen LogP contribution in [-0.4, -0.2) is 7.11 Å². The summed E-state index contributed by atoms with van der Waals surface area (Å²) < 4.78 is 7.51. The zero-order valence-electron chi connectivity index (χ0n) is 13.0. The van der Waals surface area contributed by atoms with Crippen LogP contribution in [0.4, 0.5) is 0 Å². The summed E-state index contributed by atoms with van der Waals surface area (Å²) in [6, 6.07) is 23.1. The lowest BCUT2D eigenvalue weighted by atomic mass is 9.98. The molecule has 0 atom stereocenters. The summed E-state index contributed by atoms with van der Waals surface area (Å²) in [6.07, 6.45) is 0. The van der Waals surface area contributed by atoms with Crippen molar-refractivity contribution in [2.24, 2.45) is 0 Å². The minimum Gasteiger partial charge on any atom is -0.497 e. The van der Waals surface area contributed by atoms with Gasteiger partial charge in [0.25, 0.3) is 0 Å². The Labute approximate surface area is 157 Å². The summed E-state index contributed by atoms with van der Waals surface area (Å²) in [4.78, 5) is 0. The number of hydrogen-bond donors (Lipinski definition) is 0. The van der Waals surface area contributed by atoms with Crippen LogP contribution in [0, 0.1) is 0 Å². The number of rotatable bonds is 2. The number of benzene rings is 4. The number of methoxy groups -OCH3 is 1. The van der Waals surface area contributed by atoms with Crippen molar-refractivity contribution in [1.29, 1.82) is 0 Å². The Bertz CT molecular complexity index is 1050. The quantitative estimate of drug-likeness (QED) is 0.299. The van der Waals surface area contributed by atoms with Crippen LogP contribution in [0.3, 0.4) is 0 Å². The first-order chi connectivity index (χ1) is 11.7. The molecule has 0 radical (unpaired) electrons. The molecule has 0 heterocycles. The first kappa shape index (κ1) is 15.7. The average molecular weight is 442 g/mol. The van der Waals surface area contributed by atoms with E-state index in [1.165, 1.54) is 32.7 Å². The Morgan fingerprint density at radius 3 is 1.79 bits per heavy atom. The van der Waals surface area contributed by atoms with Gasteiger partial charge in [0.05, 0.1) is 7.11 Å². The molecule has 0 saturated carbocycles. The van der Waals surface area contributed by atoms with E-state index >= 15 is 0 Å². The Balaban J connectivity index is 1.97. The minimum absolute atomic E-state index is 0.870. The summed E-state index contributed by atoms with van der Waals surface area (Å²) in [5, 5.41) is 4.84. The molecule has 0 saturated heterocycles. The molecular weight excluding hydrogens is 428 g/mol. The molecule has 0 fully saturated rings. The maximum Gasteiger partial charge on any atom is 0.118 e. The fourth-order valence-electron chi connectivity index (χ4n) is 3.04. The Kier molecular flexibility index (Phi) is 4.07. The SMILES string of the molecule is COc1ccc(-c2ccc3c(Br)c4ccccc4c(Br)c3c2)cc1. The summed E-state index contributed by atoms with van der Waals surface area (Å²) in [5.74, 6) is 0.870. The van der Waals surface area contributed by atoms with E-state index < -0.39 is 0 Å². The third-order valence-corrected chi connectivity index (χ3v) is 6.02. The molecule has 0 N–H and O–H groups in total.